The van der Waals surface area contributed by atoms with Crippen LogP contribution in [0.4, 0.5) is 0 Å². The maximum absolute atomic E-state index is 8.92. The molecule has 2 aromatic rings. The lowest BCUT2D eigenvalue weighted by molar-refractivity contribution is 0.385. The van der Waals surface area contributed by atoms with Crippen LogP contribution in [0.25, 0.3) is 0 Å². The van der Waals surface area contributed by atoms with Gasteiger partial charge in [-0.25, -0.2) is 0 Å². The summed E-state index contributed by atoms with van der Waals surface area (Å²) < 4.78 is 4.86. The standard InChI is InChI=1S/C12H12N4O/c1-9-15-12(16-17-9)8-14-7-11-5-3-2-4-10(11)6-13/h2-5,14H,7-8H2,1H3. The minimum atomic E-state index is 0.525. The number of benzene rings is 1. The third kappa shape index (κ3) is 2.89. The molecule has 0 fully saturated rings. The molecule has 0 saturated heterocycles. The van der Waals surface area contributed by atoms with Crippen molar-refractivity contribution in [1.29, 1.82) is 5.26 Å². The zero-order valence-corrected chi connectivity index (χ0v) is 9.47. The SMILES string of the molecule is Cc1nc(CNCc2ccccc2C#N)no1. The molecule has 86 valence electrons. The fraction of sp³-hybridized carbons (Fsp3) is 0.250. The first-order chi connectivity index (χ1) is 8.29. The van der Waals surface area contributed by atoms with E-state index in [1.54, 1.807) is 13.0 Å². The highest BCUT2D eigenvalue weighted by molar-refractivity contribution is 5.37. The maximum Gasteiger partial charge on any atom is 0.223 e. The molecule has 1 aromatic heterocycles. The quantitative estimate of drug-likeness (QED) is 0.859. The number of nitrogens with one attached hydrogen (secondary N) is 1. The topological polar surface area (TPSA) is 74.7 Å². The molecule has 0 aliphatic rings. The lowest BCUT2D eigenvalue weighted by Crippen LogP contribution is -2.14. The number of aryl methyl sites for hydroxylation is 1. The smallest absolute Gasteiger partial charge is 0.223 e. The van der Waals surface area contributed by atoms with Crippen molar-refractivity contribution in [3.63, 3.8) is 0 Å². The Labute approximate surface area is 99.1 Å². The molecule has 1 aromatic carbocycles. The van der Waals surface area contributed by atoms with Gasteiger partial charge in [0.05, 0.1) is 18.2 Å². The van der Waals surface area contributed by atoms with Crippen molar-refractivity contribution in [2.75, 3.05) is 0 Å². The van der Waals surface area contributed by atoms with Gasteiger partial charge in [0.2, 0.25) is 5.89 Å². The zero-order valence-electron chi connectivity index (χ0n) is 9.47. The van der Waals surface area contributed by atoms with E-state index in [4.69, 9.17) is 9.78 Å². The van der Waals surface area contributed by atoms with E-state index in [1.165, 1.54) is 0 Å². The van der Waals surface area contributed by atoms with E-state index in [0.29, 0.717) is 30.4 Å². The largest absolute Gasteiger partial charge is 0.340 e. The second-order valence-corrected chi connectivity index (χ2v) is 3.60. The summed E-state index contributed by atoms with van der Waals surface area (Å²) in [6.45, 7) is 2.88. The van der Waals surface area contributed by atoms with E-state index in [9.17, 15) is 0 Å². The van der Waals surface area contributed by atoms with E-state index in [-0.39, 0.29) is 0 Å². The van der Waals surface area contributed by atoms with Gasteiger partial charge >= 0.3 is 0 Å². The van der Waals surface area contributed by atoms with Crippen LogP contribution in [-0.2, 0) is 13.1 Å². The van der Waals surface area contributed by atoms with Gasteiger partial charge in [0, 0.05) is 13.5 Å². The normalized spacial score (nSPS) is 10.1. The first-order valence-corrected chi connectivity index (χ1v) is 5.27. The van der Waals surface area contributed by atoms with Gasteiger partial charge in [0.1, 0.15) is 0 Å². The molecule has 1 N–H and O–H groups in total. The lowest BCUT2D eigenvalue weighted by Gasteiger charge is -2.03. The molecule has 0 amide bonds. The van der Waals surface area contributed by atoms with E-state index in [0.717, 1.165) is 5.56 Å². The van der Waals surface area contributed by atoms with Crippen LogP contribution in [0, 0.1) is 18.3 Å². The molecule has 0 unspecified atom stereocenters. The van der Waals surface area contributed by atoms with Crippen LogP contribution in [0.3, 0.4) is 0 Å². The van der Waals surface area contributed by atoms with Crippen molar-refractivity contribution in [3.05, 3.63) is 47.1 Å². The number of hydrogen-bond donors (Lipinski definition) is 1. The molecule has 0 saturated carbocycles. The molecule has 0 bridgehead atoms. The third-order valence-corrected chi connectivity index (χ3v) is 2.31. The number of hydrogen-bond acceptors (Lipinski definition) is 5. The van der Waals surface area contributed by atoms with Crippen LogP contribution < -0.4 is 5.32 Å². The average molecular weight is 228 g/mol. The van der Waals surface area contributed by atoms with Crippen molar-refractivity contribution < 1.29 is 4.52 Å². The second-order valence-electron chi connectivity index (χ2n) is 3.60. The highest BCUT2D eigenvalue weighted by atomic mass is 16.5. The van der Waals surface area contributed by atoms with Crippen molar-refractivity contribution in [1.82, 2.24) is 15.5 Å². The molecule has 0 atom stereocenters. The Hall–Kier alpha value is -2.19. The van der Waals surface area contributed by atoms with Gasteiger partial charge in [-0.05, 0) is 11.6 Å². The Bertz CT molecular complexity index is 541. The lowest BCUT2D eigenvalue weighted by atomic mass is 10.1. The summed E-state index contributed by atoms with van der Waals surface area (Å²) in [6, 6.07) is 9.65. The van der Waals surface area contributed by atoms with E-state index in [2.05, 4.69) is 21.5 Å². The Morgan fingerprint density at radius 2 is 2.18 bits per heavy atom. The highest BCUT2D eigenvalue weighted by Gasteiger charge is 2.03. The van der Waals surface area contributed by atoms with Gasteiger partial charge < -0.3 is 9.84 Å². The summed E-state index contributed by atoms with van der Waals surface area (Å²) in [5.74, 6) is 1.18. The number of rotatable bonds is 4. The molecule has 1 heterocycles. The first-order valence-electron chi connectivity index (χ1n) is 5.27. The van der Waals surface area contributed by atoms with Crippen molar-refractivity contribution >= 4 is 0 Å². The molecule has 5 heteroatoms. The Balaban J connectivity index is 1.92. The van der Waals surface area contributed by atoms with Gasteiger partial charge in [-0.15, -0.1) is 0 Å². The zero-order chi connectivity index (χ0) is 12.1. The van der Waals surface area contributed by atoms with E-state index in [1.807, 2.05) is 18.2 Å². The molecule has 2 rings (SSSR count). The van der Waals surface area contributed by atoms with Gasteiger partial charge in [-0.2, -0.15) is 10.2 Å². The van der Waals surface area contributed by atoms with Crippen LogP contribution in [0.2, 0.25) is 0 Å². The summed E-state index contributed by atoms with van der Waals surface area (Å²) >= 11 is 0. The second kappa shape index (κ2) is 5.23. The molecule has 5 nitrogen and oxygen atoms in total. The minimum Gasteiger partial charge on any atom is -0.340 e. The molecule has 0 radical (unpaired) electrons. The summed E-state index contributed by atoms with van der Waals surface area (Å²) in [6.07, 6.45) is 0. The Morgan fingerprint density at radius 3 is 2.88 bits per heavy atom. The fourth-order valence-corrected chi connectivity index (χ4v) is 1.51. The summed E-state index contributed by atoms with van der Waals surface area (Å²) in [5.41, 5.74) is 1.65. The van der Waals surface area contributed by atoms with Crippen LogP contribution in [0.1, 0.15) is 22.8 Å². The summed E-state index contributed by atoms with van der Waals surface area (Å²) in [5, 5.41) is 15.9. The number of aromatic nitrogens is 2. The molecule has 0 spiro atoms. The van der Waals surface area contributed by atoms with Crippen molar-refractivity contribution in [2.45, 2.75) is 20.0 Å². The predicted octanol–water partition coefficient (Wildman–Crippen LogP) is 1.54. The minimum absolute atomic E-state index is 0.525. The monoisotopic (exact) mass is 228 g/mol. The third-order valence-electron chi connectivity index (χ3n) is 2.31. The van der Waals surface area contributed by atoms with Crippen LogP contribution in [-0.4, -0.2) is 10.1 Å². The van der Waals surface area contributed by atoms with Crippen LogP contribution in [0.5, 0.6) is 0 Å². The Morgan fingerprint density at radius 1 is 1.35 bits per heavy atom. The van der Waals surface area contributed by atoms with E-state index < -0.39 is 0 Å². The van der Waals surface area contributed by atoms with Gasteiger partial charge in [-0.1, -0.05) is 23.4 Å². The molecule has 0 aliphatic heterocycles. The van der Waals surface area contributed by atoms with Crippen molar-refractivity contribution in [2.24, 2.45) is 0 Å². The van der Waals surface area contributed by atoms with E-state index >= 15 is 0 Å². The van der Waals surface area contributed by atoms with Crippen LogP contribution in [0.15, 0.2) is 28.8 Å². The fourth-order valence-electron chi connectivity index (χ4n) is 1.51. The average Bonchev–Trinajstić information content (AvgIpc) is 2.76. The van der Waals surface area contributed by atoms with Crippen molar-refractivity contribution in [3.8, 4) is 6.07 Å². The summed E-state index contributed by atoms with van der Waals surface area (Å²) in [7, 11) is 0. The van der Waals surface area contributed by atoms with Gasteiger partial charge in [-0.3, -0.25) is 0 Å². The summed E-state index contributed by atoms with van der Waals surface area (Å²) in [4.78, 5) is 4.08. The Kier molecular flexibility index (Phi) is 3.48. The highest BCUT2D eigenvalue weighted by Crippen LogP contribution is 2.06. The molecular weight excluding hydrogens is 216 g/mol. The maximum atomic E-state index is 8.92. The van der Waals surface area contributed by atoms with Gasteiger partial charge in [0.15, 0.2) is 5.82 Å². The molecule has 0 aliphatic carbocycles. The first kappa shape index (κ1) is 11.3. The molecular formula is C12H12N4O. The number of nitriles is 1. The number of nitrogens with zero attached hydrogens (tertiary/aromatic N) is 3. The van der Waals surface area contributed by atoms with Crippen LogP contribution >= 0.6 is 0 Å². The predicted molar refractivity (Wildman–Crippen MR) is 60.7 cm³/mol. The van der Waals surface area contributed by atoms with Gasteiger partial charge in [0.25, 0.3) is 0 Å². The molecule has 17 heavy (non-hydrogen) atoms.